The maximum Gasteiger partial charge on any atom is 0.211 e. The van der Waals surface area contributed by atoms with Crippen molar-refractivity contribution in [3.05, 3.63) is 12.3 Å². The minimum Gasteiger partial charge on any atom is -0.336 e. The maximum absolute atomic E-state index is 9.78. The Labute approximate surface area is 68.7 Å². The molecule has 2 heteroatoms. The van der Waals surface area contributed by atoms with Crippen LogP contribution in [0, 0.1) is 0 Å². The molecule has 0 radical (unpaired) electrons. The third-order valence-corrected chi connectivity index (χ3v) is 1.51. The SMILES string of the molecule is CCCCCCC=CNC=O. The predicted molar refractivity (Wildman–Crippen MR) is 47.1 cm³/mol. The van der Waals surface area contributed by atoms with Gasteiger partial charge in [-0.1, -0.05) is 32.3 Å². The fourth-order valence-corrected chi connectivity index (χ4v) is 0.880. The highest BCUT2D eigenvalue weighted by Gasteiger charge is 1.83. The topological polar surface area (TPSA) is 29.1 Å². The molecule has 0 saturated carbocycles. The second kappa shape index (κ2) is 9.21. The summed E-state index contributed by atoms with van der Waals surface area (Å²) in [5, 5.41) is 2.48. The zero-order chi connectivity index (χ0) is 8.36. The second-order valence-corrected chi connectivity index (χ2v) is 2.54. The van der Waals surface area contributed by atoms with Crippen LogP contribution in [-0.2, 0) is 4.79 Å². The van der Waals surface area contributed by atoms with Crippen molar-refractivity contribution in [1.82, 2.24) is 5.32 Å². The highest BCUT2D eigenvalue weighted by Crippen LogP contribution is 2.01. The Morgan fingerprint density at radius 3 is 2.73 bits per heavy atom. The van der Waals surface area contributed by atoms with Crippen molar-refractivity contribution in [2.24, 2.45) is 0 Å². The molecule has 2 nitrogen and oxygen atoms in total. The first-order valence-electron chi connectivity index (χ1n) is 4.26. The first-order valence-corrected chi connectivity index (χ1v) is 4.26. The molecular formula is C9H17NO. The molecular weight excluding hydrogens is 138 g/mol. The van der Waals surface area contributed by atoms with Crippen molar-refractivity contribution < 1.29 is 4.79 Å². The van der Waals surface area contributed by atoms with Crippen molar-refractivity contribution in [3.63, 3.8) is 0 Å². The molecule has 11 heavy (non-hydrogen) atoms. The molecule has 0 aromatic rings. The van der Waals surface area contributed by atoms with Crippen LogP contribution < -0.4 is 5.32 Å². The van der Waals surface area contributed by atoms with Gasteiger partial charge in [-0.2, -0.15) is 0 Å². The summed E-state index contributed by atoms with van der Waals surface area (Å²) < 4.78 is 0. The van der Waals surface area contributed by atoms with Crippen LogP contribution in [-0.4, -0.2) is 6.41 Å². The van der Waals surface area contributed by atoms with Crippen molar-refractivity contribution in [3.8, 4) is 0 Å². The van der Waals surface area contributed by atoms with E-state index in [4.69, 9.17) is 0 Å². The van der Waals surface area contributed by atoms with Gasteiger partial charge in [-0.05, 0) is 19.0 Å². The molecule has 0 aliphatic carbocycles. The lowest BCUT2D eigenvalue weighted by atomic mass is 10.1. The Balaban J connectivity index is 2.94. The lowest BCUT2D eigenvalue weighted by molar-refractivity contribution is -0.108. The summed E-state index contributed by atoms with van der Waals surface area (Å²) in [5.74, 6) is 0. The number of unbranched alkanes of at least 4 members (excludes halogenated alkanes) is 4. The number of allylic oxidation sites excluding steroid dienone is 1. The molecule has 0 aromatic carbocycles. The number of nitrogens with one attached hydrogen (secondary N) is 1. The Bertz CT molecular complexity index is 110. The summed E-state index contributed by atoms with van der Waals surface area (Å²) in [6, 6.07) is 0. The van der Waals surface area contributed by atoms with Gasteiger partial charge < -0.3 is 5.32 Å². The minimum atomic E-state index is 0.683. The molecule has 1 amide bonds. The number of carbonyl (C=O) groups excluding carboxylic acids is 1. The van der Waals surface area contributed by atoms with Crippen LogP contribution in [0.4, 0.5) is 0 Å². The van der Waals surface area contributed by atoms with Gasteiger partial charge in [0.05, 0.1) is 0 Å². The van der Waals surface area contributed by atoms with Crippen LogP contribution >= 0.6 is 0 Å². The van der Waals surface area contributed by atoms with E-state index in [0.29, 0.717) is 6.41 Å². The molecule has 0 unspecified atom stereocenters. The van der Waals surface area contributed by atoms with Crippen LogP contribution in [0.25, 0.3) is 0 Å². The van der Waals surface area contributed by atoms with E-state index in [1.807, 2.05) is 6.08 Å². The van der Waals surface area contributed by atoms with Gasteiger partial charge in [0.1, 0.15) is 0 Å². The maximum atomic E-state index is 9.78. The molecule has 0 heterocycles. The summed E-state index contributed by atoms with van der Waals surface area (Å²) in [4.78, 5) is 9.78. The highest BCUT2D eigenvalue weighted by molar-refractivity contribution is 5.47. The quantitative estimate of drug-likeness (QED) is 0.443. The van der Waals surface area contributed by atoms with E-state index in [1.54, 1.807) is 6.20 Å². The largest absolute Gasteiger partial charge is 0.336 e. The van der Waals surface area contributed by atoms with Gasteiger partial charge in [-0.3, -0.25) is 4.79 Å². The number of carbonyl (C=O) groups is 1. The van der Waals surface area contributed by atoms with Crippen molar-refractivity contribution >= 4 is 6.41 Å². The zero-order valence-electron chi connectivity index (χ0n) is 7.18. The Hall–Kier alpha value is -0.790. The Morgan fingerprint density at radius 2 is 2.09 bits per heavy atom. The molecule has 0 atom stereocenters. The van der Waals surface area contributed by atoms with E-state index < -0.39 is 0 Å². The highest BCUT2D eigenvalue weighted by atomic mass is 16.1. The minimum absolute atomic E-state index is 0.683. The average molecular weight is 155 g/mol. The van der Waals surface area contributed by atoms with Gasteiger partial charge in [-0.15, -0.1) is 0 Å². The molecule has 0 aliphatic heterocycles. The third kappa shape index (κ3) is 9.21. The summed E-state index contributed by atoms with van der Waals surface area (Å²) in [5.41, 5.74) is 0. The zero-order valence-corrected chi connectivity index (χ0v) is 7.18. The fraction of sp³-hybridized carbons (Fsp3) is 0.667. The summed E-state index contributed by atoms with van der Waals surface area (Å²) in [6.07, 6.45) is 10.5. The molecule has 0 fully saturated rings. The van der Waals surface area contributed by atoms with Gasteiger partial charge >= 0.3 is 0 Å². The lowest BCUT2D eigenvalue weighted by Gasteiger charge is -1.93. The Kier molecular flexibility index (Phi) is 8.55. The first kappa shape index (κ1) is 10.2. The Morgan fingerprint density at radius 1 is 1.27 bits per heavy atom. The molecule has 0 aliphatic rings. The molecule has 1 N–H and O–H groups in total. The number of rotatable bonds is 7. The monoisotopic (exact) mass is 155 g/mol. The average Bonchev–Trinajstić information content (AvgIpc) is 2.03. The van der Waals surface area contributed by atoms with E-state index in [0.717, 1.165) is 6.42 Å². The van der Waals surface area contributed by atoms with Crippen molar-refractivity contribution in [2.45, 2.75) is 39.0 Å². The van der Waals surface area contributed by atoms with E-state index in [1.165, 1.54) is 25.7 Å². The van der Waals surface area contributed by atoms with Gasteiger partial charge in [0.25, 0.3) is 0 Å². The standard InChI is InChI=1S/C9H17NO/c1-2-3-4-5-6-7-8-10-9-11/h7-9H,2-6H2,1H3,(H,10,11). The molecule has 0 aromatic heterocycles. The van der Waals surface area contributed by atoms with E-state index in [9.17, 15) is 4.79 Å². The molecule has 0 spiro atoms. The molecule has 0 rings (SSSR count). The molecule has 64 valence electrons. The van der Waals surface area contributed by atoms with Crippen molar-refractivity contribution in [2.75, 3.05) is 0 Å². The fourth-order valence-electron chi connectivity index (χ4n) is 0.880. The van der Waals surface area contributed by atoms with Crippen molar-refractivity contribution in [1.29, 1.82) is 0 Å². The smallest absolute Gasteiger partial charge is 0.211 e. The van der Waals surface area contributed by atoms with E-state index in [2.05, 4.69) is 12.2 Å². The van der Waals surface area contributed by atoms with Crippen LogP contribution in [0.1, 0.15) is 39.0 Å². The third-order valence-electron chi connectivity index (χ3n) is 1.51. The van der Waals surface area contributed by atoms with Crippen LogP contribution in [0.3, 0.4) is 0 Å². The van der Waals surface area contributed by atoms with Crippen LogP contribution in [0.5, 0.6) is 0 Å². The van der Waals surface area contributed by atoms with Gasteiger partial charge in [-0.25, -0.2) is 0 Å². The summed E-state index contributed by atoms with van der Waals surface area (Å²) >= 11 is 0. The molecule has 0 bridgehead atoms. The summed E-state index contributed by atoms with van der Waals surface area (Å²) in [6.45, 7) is 2.20. The normalized spacial score (nSPS) is 10.3. The number of hydrogen-bond acceptors (Lipinski definition) is 1. The lowest BCUT2D eigenvalue weighted by Crippen LogP contribution is -1.97. The van der Waals surface area contributed by atoms with Crippen LogP contribution in [0.15, 0.2) is 12.3 Å². The predicted octanol–water partition coefficient (Wildman–Crippen LogP) is 2.22. The van der Waals surface area contributed by atoms with E-state index in [-0.39, 0.29) is 0 Å². The molecule has 0 saturated heterocycles. The number of hydrogen-bond donors (Lipinski definition) is 1. The summed E-state index contributed by atoms with van der Waals surface area (Å²) in [7, 11) is 0. The van der Waals surface area contributed by atoms with Crippen LogP contribution in [0.2, 0.25) is 0 Å². The first-order chi connectivity index (χ1) is 5.41. The van der Waals surface area contributed by atoms with Gasteiger partial charge in [0, 0.05) is 0 Å². The van der Waals surface area contributed by atoms with Gasteiger partial charge in [0.2, 0.25) is 6.41 Å². The van der Waals surface area contributed by atoms with E-state index >= 15 is 0 Å². The second-order valence-electron chi connectivity index (χ2n) is 2.54. The van der Waals surface area contributed by atoms with Gasteiger partial charge in [0.15, 0.2) is 0 Å². The number of amides is 1.